The van der Waals surface area contributed by atoms with Gasteiger partial charge in [-0.1, -0.05) is 24.8 Å². The molecule has 0 aliphatic rings. The second-order valence-electron chi connectivity index (χ2n) is 3.14. The SMILES string of the molecule is C=C(CNC(=O)c1ccccc1)C(=O)OC. The zero-order chi connectivity index (χ0) is 12.0. The molecule has 0 aromatic heterocycles. The van der Waals surface area contributed by atoms with Gasteiger partial charge in [0.1, 0.15) is 0 Å². The molecule has 1 aromatic rings. The van der Waals surface area contributed by atoms with Crippen molar-refractivity contribution in [2.75, 3.05) is 13.7 Å². The third-order valence-electron chi connectivity index (χ3n) is 1.97. The van der Waals surface area contributed by atoms with Crippen molar-refractivity contribution in [2.45, 2.75) is 0 Å². The molecule has 0 heterocycles. The summed E-state index contributed by atoms with van der Waals surface area (Å²) in [5, 5.41) is 2.57. The van der Waals surface area contributed by atoms with Crippen molar-refractivity contribution in [3.8, 4) is 0 Å². The third kappa shape index (κ3) is 3.24. The van der Waals surface area contributed by atoms with E-state index in [-0.39, 0.29) is 18.0 Å². The largest absolute Gasteiger partial charge is 0.466 e. The van der Waals surface area contributed by atoms with E-state index >= 15 is 0 Å². The van der Waals surface area contributed by atoms with E-state index < -0.39 is 5.97 Å². The van der Waals surface area contributed by atoms with Crippen molar-refractivity contribution in [3.63, 3.8) is 0 Å². The Bertz CT molecular complexity index is 398. The molecule has 0 radical (unpaired) electrons. The first kappa shape index (κ1) is 12.0. The molecule has 4 heteroatoms. The number of hydrogen-bond donors (Lipinski definition) is 1. The van der Waals surface area contributed by atoms with Crippen LogP contribution in [0.4, 0.5) is 0 Å². The minimum absolute atomic E-state index is 0.0837. The van der Waals surface area contributed by atoms with E-state index in [9.17, 15) is 9.59 Å². The van der Waals surface area contributed by atoms with E-state index in [0.29, 0.717) is 5.56 Å². The molecule has 84 valence electrons. The first-order valence-corrected chi connectivity index (χ1v) is 4.74. The fourth-order valence-corrected chi connectivity index (χ4v) is 1.10. The third-order valence-corrected chi connectivity index (χ3v) is 1.97. The lowest BCUT2D eigenvalue weighted by atomic mass is 10.2. The Kier molecular flexibility index (Phi) is 4.27. The number of nitrogens with one attached hydrogen (secondary N) is 1. The fourth-order valence-electron chi connectivity index (χ4n) is 1.10. The predicted octanol–water partition coefficient (Wildman–Crippen LogP) is 1.15. The van der Waals surface area contributed by atoms with Gasteiger partial charge >= 0.3 is 5.97 Å². The van der Waals surface area contributed by atoms with E-state index in [2.05, 4.69) is 16.6 Å². The van der Waals surface area contributed by atoms with E-state index in [1.807, 2.05) is 6.07 Å². The number of carbonyl (C=O) groups excluding carboxylic acids is 2. The highest BCUT2D eigenvalue weighted by Crippen LogP contribution is 1.98. The summed E-state index contributed by atoms with van der Waals surface area (Å²) in [6.07, 6.45) is 0. The molecule has 0 unspecified atom stereocenters. The lowest BCUT2D eigenvalue weighted by Crippen LogP contribution is -2.27. The molecular weight excluding hydrogens is 206 g/mol. The molecule has 0 aliphatic carbocycles. The molecule has 0 bridgehead atoms. The highest BCUT2D eigenvalue weighted by Gasteiger charge is 2.09. The molecule has 0 aliphatic heterocycles. The Hall–Kier alpha value is -2.10. The molecule has 0 atom stereocenters. The average Bonchev–Trinajstić information content (AvgIpc) is 2.35. The van der Waals surface area contributed by atoms with Gasteiger partial charge in [0.25, 0.3) is 5.91 Å². The lowest BCUT2D eigenvalue weighted by molar-refractivity contribution is -0.136. The Morgan fingerprint density at radius 2 is 1.94 bits per heavy atom. The topological polar surface area (TPSA) is 55.4 Å². The van der Waals surface area contributed by atoms with Crippen molar-refractivity contribution >= 4 is 11.9 Å². The standard InChI is InChI=1S/C12H13NO3/c1-9(12(15)16-2)8-13-11(14)10-6-4-3-5-7-10/h3-7H,1,8H2,2H3,(H,13,14). The van der Waals surface area contributed by atoms with Gasteiger partial charge in [0, 0.05) is 17.7 Å². The zero-order valence-corrected chi connectivity index (χ0v) is 9.03. The number of carbonyl (C=O) groups is 2. The van der Waals surface area contributed by atoms with Crippen molar-refractivity contribution in [3.05, 3.63) is 48.0 Å². The highest BCUT2D eigenvalue weighted by molar-refractivity contribution is 5.95. The smallest absolute Gasteiger partial charge is 0.334 e. The van der Waals surface area contributed by atoms with Crippen molar-refractivity contribution in [1.82, 2.24) is 5.32 Å². The van der Waals surface area contributed by atoms with Crippen LogP contribution in [0.3, 0.4) is 0 Å². The molecule has 0 spiro atoms. The Labute approximate surface area is 93.9 Å². The summed E-state index contributed by atoms with van der Waals surface area (Å²) < 4.78 is 4.46. The second kappa shape index (κ2) is 5.70. The minimum Gasteiger partial charge on any atom is -0.466 e. The number of ether oxygens (including phenoxy) is 1. The quantitative estimate of drug-likeness (QED) is 0.610. The van der Waals surface area contributed by atoms with Crippen LogP contribution >= 0.6 is 0 Å². The number of amides is 1. The van der Waals surface area contributed by atoms with Crippen LogP contribution < -0.4 is 5.32 Å². The van der Waals surface area contributed by atoms with Gasteiger partial charge in [-0.15, -0.1) is 0 Å². The van der Waals surface area contributed by atoms with Crippen LogP contribution in [0.15, 0.2) is 42.5 Å². The summed E-state index contributed by atoms with van der Waals surface area (Å²) >= 11 is 0. The molecule has 1 rings (SSSR count). The number of benzene rings is 1. The van der Waals surface area contributed by atoms with Crippen LogP contribution in [0, 0.1) is 0 Å². The van der Waals surface area contributed by atoms with E-state index in [1.165, 1.54) is 7.11 Å². The van der Waals surface area contributed by atoms with Gasteiger partial charge in [-0.3, -0.25) is 4.79 Å². The minimum atomic E-state index is -0.520. The summed E-state index contributed by atoms with van der Waals surface area (Å²) in [6.45, 7) is 3.59. The van der Waals surface area contributed by atoms with Gasteiger partial charge < -0.3 is 10.1 Å². The number of rotatable bonds is 4. The second-order valence-corrected chi connectivity index (χ2v) is 3.14. The van der Waals surface area contributed by atoms with Crippen LogP contribution in [-0.2, 0) is 9.53 Å². The molecule has 4 nitrogen and oxygen atoms in total. The lowest BCUT2D eigenvalue weighted by Gasteiger charge is -2.06. The number of methoxy groups -OCH3 is 1. The molecule has 0 saturated heterocycles. The Morgan fingerprint density at radius 3 is 2.50 bits per heavy atom. The van der Waals surface area contributed by atoms with Gasteiger partial charge in [-0.25, -0.2) is 4.79 Å². The molecule has 0 fully saturated rings. The summed E-state index contributed by atoms with van der Waals surface area (Å²) in [5.74, 6) is -0.765. The van der Waals surface area contributed by atoms with Gasteiger partial charge in [0.15, 0.2) is 0 Å². The summed E-state index contributed by atoms with van der Waals surface area (Å²) in [7, 11) is 1.27. The van der Waals surface area contributed by atoms with Gasteiger partial charge in [0.05, 0.1) is 7.11 Å². The molecule has 1 aromatic carbocycles. The van der Waals surface area contributed by atoms with Crippen molar-refractivity contribution in [1.29, 1.82) is 0 Å². The molecular formula is C12H13NO3. The fraction of sp³-hybridized carbons (Fsp3) is 0.167. The summed E-state index contributed by atoms with van der Waals surface area (Å²) in [5.41, 5.74) is 0.756. The molecule has 16 heavy (non-hydrogen) atoms. The van der Waals surface area contributed by atoms with Crippen LogP contribution in [0.2, 0.25) is 0 Å². The predicted molar refractivity (Wildman–Crippen MR) is 59.9 cm³/mol. The molecule has 0 saturated carbocycles. The first-order valence-electron chi connectivity index (χ1n) is 4.74. The normalized spacial score (nSPS) is 9.31. The zero-order valence-electron chi connectivity index (χ0n) is 9.03. The maximum absolute atomic E-state index is 11.6. The van der Waals surface area contributed by atoms with Crippen LogP contribution in [0.1, 0.15) is 10.4 Å². The van der Waals surface area contributed by atoms with Gasteiger partial charge in [0.2, 0.25) is 0 Å². The first-order chi connectivity index (χ1) is 7.65. The monoisotopic (exact) mass is 219 g/mol. The average molecular weight is 219 g/mol. The Balaban J connectivity index is 2.48. The van der Waals surface area contributed by atoms with Gasteiger partial charge in [-0.05, 0) is 12.1 Å². The van der Waals surface area contributed by atoms with Crippen LogP contribution in [0.25, 0.3) is 0 Å². The Morgan fingerprint density at radius 1 is 1.31 bits per heavy atom. The number of esters is 1. The summed E-state index contributed by atoms with van der Waals surface area (Å²) in [4.78, 5) is 22.5. The van der Waals surface area contributed by atoms with E-state index in [0.717, 1.165) is 0 Å². The highest BCUT2D eigenvalue weighted by atomic mass is 16.5. The maximum Gasteiger partial charge on any atom is 0.334 e. The van der Waals surface area contributed by atoms with Crippen molar-refractivity contribution in [2.24, 2.45) is 0 Å². The van der Waals surface area contributed by atoms with E-state index in [4.69, 9.17) is 0 Å². The van der Waals surface area contributed by atoms with Crippen LogP contribution in [-0.4, -0.2) is 25.5 Å². The van der Waals surface area contributed by atoms with E-state index in [1.54, 1.807) is 24.3 Å². The van der Waals surface area contributed by atoms with Crippen LogP contribution in [0.5, 0.6) is 0 Å². The van der Waals surface area contributed by atoms with Crippen molar-refractivity contribution < 1.29 is 14.3 Å². The number of hydrogen-bond acceptors (Lipinski definition) is 3. The maximum atomic E-state index is 11.6. The summed E-state index contributed by atoms with van der Waals surface area (Å²) in [6, 6.07) is 8.74. The molecule has 1 amide bonds. The van der Waals surface area contributed by atoms with Gasteiger partial charge in [-0.2, -0.15) is 0 Å². The molecule has 1 N–H and O–H groups in total.